The van der Waals surface area contributed by atoms with Gasteiger partial charge in [-0.15, -0.1) is 18.3 Å². The molecule has 0 unspecified atom stereocenters. The second kappa shape index (κ2) is 10.8. The maximum Gasteiger partial charge on any atom is 0.328 e. The van der Waals surface area contributed by atoms with E-state index < -0.39 is 16.1 Å². The summed E-state index contributed by atoms with van der Waals surface area (Å²) in [6, 6.07) is 4.84. The largest absolute Gasteiger partial charge is 0.337 e. The van der Waals surface area contributed by atoms with E-state index in [-0.39, 0.29) is 16.6 Å². The van der Waals surface area contributed by atoms with Gasteiger partial charge < -0.3 is 10.6 Å². The summed E-state index contributed by atoms with van der Waals surface area (Å²) in [5.74, 6) is 0.776. The van der Waals surface area contributed by atoms with Gasteiger partial charge in [0.1, 0.15) is 0 Å². The zero-order valence-electron chi connectivity index (χ0n) is 14.1. The summed E-state index contributed by atoms with van der Waals surface area (Å²) < 4.78 is 26.2. The molecule has 0 saturated carbocycles. The summed E-state index contributed by atoms with van der Waals surface area (Å²) in [4.78, 5) is 23.2. The van der Waals surface area contributed by atoms with E-state index in [0.29, 0.717) is 18.0 Å². The zero-order chi connectivity index (χ0) is 18.7. The van der Waals surface area contributed by atoms with Gasteiger partial charge in [-0.05, 0) is 30.7 Å². The number of urea groups is 1. The SMILES string of the molecule is C=CCSCC(=O)Nc1ccc(S(=O)(=O)NC(=O)NCCCC)cc1. The van der Waals surface area contributed by atoms with Crippen LogP contribution in [0.1, 0.15) is 19.8 Å². The molecule has 25 heavy (non-hydrogen) atoms. The minimum Gasteiger partial charge on any atom is -0.337 e. The Labute approximate surface area is 152 Å². The molecule has 9 heteroatoms. The quantitative estimate of drug-likeness (QED) is 0.424. The third-order valence-electron chi connectivity index (χ3n) is 2.96. The monoisotopic (exact) mass is 385 g/mol. The summed E-state index contributed by atoms with van der Waals surface area (Å²) in [6.45, 7) is 5.95. The van der Waals surface area contributed by atoms with Crippen molar-refractivity contribution >= 4 is 39.4 Å². The van der Waals surface area contributed by atoms with Crippen LogP contribution in [0, 0.1) is 0 Å². The Morgan fingerprint density at radius 3 is 2.52 bits per heavy atom. The number of amides is 3. The van der Waals surface area contributed by atoms with E-state index in [0.717, 1.165) is 12.8 Å². The minimum atomic E-state index is -3.95. The van der Waals surface area contributed by atoms with E-state index in [9.17, 15) is 18.0 Å². The maximum absolute atomic E-state index is 12.1. The molecular formula is C16H23N3O4S2. The fourth-order valence-electron chi connectivity index (χ4n) is 1.75. The van der Waals surface area contributed by atoms with Crippen molar-refractivity contribution in [3.05, 3.63) is 36.9 Å². The van der Waals surface area contributed by atoms with Crippen molar-refractivity contribution in [2.75, 3.05) is 23.4 Å². The van der Waals surface area contributed by atoms with Crippen LogP contribution >= 0.6 is 11.8 Å². The molecule has 3 N–H and O–H groups in total. The summed E-state index contributed by atoms with van der Waals surface area (Å²) in [5, 5.41) is 5.14. The van der Waals surface area contributed by atoms with Gasteiger partial charge in [0, 0.05) is 18.0 Å². The van der Waals surface area contributed by atoms with Crippen molar-refractivity contribution < 1.29 is 18.0 Å². The third-order valence-corrected chi connectivity index (χ3v) is 5.24. The highest BCUT2D eigenvalue weighted by molar-refractivity contribution is 8.00. The molecule has 0 atom stereocenters. The van der Waals surface area contributed by atoms with Gasteiger partial charge in [0.05, 0.1) is 10.6 Å². The topological polar surface area (TPSA) is 104 Å². The Morgan fingerprint density at radius 2 is 1.92 bits per heavy atom. The second-order valence-electron chi connectivity index (χ2n) is 5.09. The van der Waals surface area contributed by atoms with E-state index in [1.54, 1.807) is 6.08 Å². The minimum absolute atomic E-state index is 0.0582. The van der Waals surface area contributed by atoms with E-state index >= 15 is 0 Å². The highest BCUT2D eigenvalue weighted by Gasteiger charge is 2.17. The van der Waals surface area contributed by atoms with Crippen LogP contribution in [0.2, 0.25) is 0 Å². The van der Waals surface area contributed by atoms with Gasteiger partial charge in [-0.25, -0.2) is 17.9 Å². The molecule has 0 aliphatic rings. The van der Waals surface area contributed by atoms with Crippen LogP contribution in [0.4, 0.5) is 10.5 Å². The first kappa shape index (κ1) is 21.0. The lowest BCUT2D eigenvalue weighted by Gasteiger charge is -2.09. The summed E-state index contributed by atoms with van der Waals surface area (Å²) >= 11 is 1.42. The molecule has 0 aliphatic heterocycles. The van der Waals surface area contributed by atoms with Crippen molar-refractivity contribution in [1.29, 1.82) is 0 Å². The number of rotatable bonds is 10. The molecule has 138 valence electrons. The van der Waals surface area contributed by atoms with Crippen molar-refractivity contribution in [1.82, 2.24) is 10.0 Å². The first-order chi connectivity index (χ1) is 11.9. The molecule has 3 amide bonds. The van der Waals surface area contributed by atoms with Gasteiger partial charge in [-0.2, -0.15) is 0 Å². The number of hydrogen-bond acceptors (Lipinski definition) is 5. The molecule has 1 aromatic carbocycles. The predicted octanol–water partition coefficient (Wildman–Crippen LogP) is 2.33. The molecule has 0 heterocycles. The van der Waals surface area contributed by atoms with Gasteiger partial charge >= 0.3 is 6.03 Å². The van der Waals surface area contributed by atoms with E-state index in [1.807, 2.05) is 11.6 Å². The Balaban J connectivity index is 2.60. The number of benzene rings is 1. The van der Waals surface area contributed by atoms with Crippen LogP contribution in [-0.4, -0.2) is 38.4 Å². The number of sulfonamides is 1. The molecule has 0 radical (unpaired) electrons. The van der Waals surface area contributed by atoms with Crippen LogP contribution in [0.15, 0.2) is 41.8 Å². The molecule has 1 rings (SSSR count). The van der Waals surface area contributed by atoms with Gasteiger partial charge in [0.25, 0.3) is 10.0 Å². The van der Waals surface area contributed by atoms with Gasteiger partial charge in [0.15, 0.2) is 0 Å². The number of nitrogens with one attached hydrogen (secondary N) is 3. The maximum atomic E-state index is 12.1. The van der Waals surface area contributed by atoms with Crippen LogP contribution < -0.4 is 15.4 Å². The standard InChI is InChI=1S/C16H23N3O4S2/c1-3-5-10-17-16(21)19-25(22,23)14-8-6-13(7-9-14)18-15(20)12-24-11-4-2/h4,6-9H,2-3,5,10-12H2,1H3,(H,18,20)(H2,17,19,21). The lowest BCUT2D eigenvalue weighted by Crippen LogP contribution is -2.39. The number of unbranched alkanes of at least 4 members (excludes halogenated alkanes) is 1. The first-order valence-corrected chi connectivity index (χ1v) is 10.4. The summed E-state index contributed by atoms with van der Waals surface area (Å²) in [6.07, 6.45) is 3.38. The highest BCUT2D eigenvalue weighted by Crippen LogP contribution is 2.14. The number of carbonyl (C=O) groups is 2. The number of hydrogen-bond donors (Lipinski definition) is 3. The van der Waals surface area contributed by atoms with Crippen LogP contribution in [-0.2, 0) is 14.8 Å². The van der Waals surface area contributed by atoms with Crippen molar-refractivity contribution in [2.45, 2.75) is 24.7 Å². The molecule has 0 aliphatic carbocycles. The van der Waals surface area contributed by atoms with Gasteiger partial charge in [-0.3, -0.25) is 4.79 Å². The van der Waals surface area contributed by atoms with E-state index in [2.05, 4.69) is 17.2 Å². The number of anilines is 1. The zero-order valence-corrected chi connectivity index (χ0v) is 15.7. The molecule has 0 aromatic heterocycles. The molecule has 0 spiro atoms. The predicted molar refractivity (Wildman–Crippen MR) is 101 cm³/mol. The molecule has 0 saturated heterocycles. The van der Waals surface area contributed by atoms with Gasteiger partial charge in [-0.1, -0.05) is 19.4 Å². The van der Waals surface area contributed by atoms with Crippen molar-refractivity contribution in [3.63, 3.8) is 0 Å². The fourth-order valence-corrected chi connectivity index (χ4v) is 3.22. The number of thioether (sulfide) groups is 1. The second-order valence-corrected chi connectivity index (χ2v) is 7.80. The third kappa shape index (κ3) is 8.08. The Kier molecular flexibility index (Phi) is 9.07. The number of carbonyl (C=O) groups excluding carboxylic acids is 2. The Hall–Kier alpha value is -2.00. The van der Waals surface area contributed by atoms with Crippen molar-refractivity contribution in [2.24, 2.45) is 0 Å². The van der Waals surface area contributed by atoms with E-state index in [1.165, 1.54) is 36.0 Å². The summed E-state index contributed by atoms with van der Waals surface area (Å²) in [7, 11) is -3.95. The van der Waals surface area contributed by atoms with Crippen LogP contribution in [0.5, 0.6) is 0 Å². The molecule has 0 fully saturated rings. The smallest absolute Gasteiger partial charge is 0.328 e. The van der Waals surface area contributed by atoms with Crippen LogP contribution in [0.3, 0.4) is 0 Å². The molecule has 0 bridgehead atoms. The fraction of sp³-hybridized carbons (Fsp3) is 0.375. The molecular weight excluding hydrogens is 362 g/mol. The normalized spacial score (nSPS) is 10.8. The Morgan fingerprint density at radius 1 is 1.24 bits per heavy atom. The average molecular weight is 386 g/mol. The average Bonchev–Trinajstić information content (AvgIpc) is 2.55. The Bertz CT molecular complexity index is 688. The van der Waals surface area contributed by atoms with E-state index in [4.69, 9.17) is 0 Å². The lowest BCUT2D eigenvalue weighted by atomic mass is 10.3. The molecule has 1 aromatic rings. The van der Waals surface area contributed by atoms with Crippen LogP contribution in [0.25, 0.3) is 0 Å². The lowest BCUT2D eigenvalue weighted by molar-refractivity contribution is -0.113. The highest BCUT2D eigenvalue weighted by atomic mass is 32.2. The first-order valence-electron chi connectivity index (χ1n) is 7.78. The van der Waals surface area contributed by atoms with Gasteiger partial charge in [0.2, 0.25) is 5.91 Å². The van der Waals surface area contributed by atoms with Crippen molar-refractivity contribution in [3.8, 4) is 0 Å². The molecule has 7 nitrogen and oxygen atoms in total. The summed E-state index contributed by atoms with van der Waals surface area (Å²) in [5.41, 5.74) is 0.482.